The zero-order chi connectivity index (χ0) is 21.3. The molecule has 0 radical (unpaired) electrons. The average molecular weight is 406 g/mol. The number of fused-ring (bicyclic) bond motifs is 1. The van der Waals surface area contributed by atoms with Gasteiger partial charge in [0.2, 0.25) is 5.91 Å². The molecule has 1 heterocycles. The molecule has 0 fully saturated rings. The summed E-state index contributed by atoms with van der Waals surface area (Å²) >= 11 is 0. The summed E-state index contributed by atoms with van der Waals surface area (Å²) in [5.74, 6) is -2.54. The molecule has 1 unspecified atom stereocenters. The van der Waals surface area contributed by atoms with E-state index in [1.807, 2.05) is 49.4 Å². The minimum absolute atomic E-state index is 0.0121. The highest BCUT2D eigenvalue weighted by molar-refractivity contribution is 5.99. The van der Waals surface area contributed by atoms with Gasteiger partial charge in [0.1, 0.15) is 0 Å². The Balaban J connectivity index is 1.60. The molecule has 0 aliphatic carbocycles. The molecule has 0 bridgehead atoms. The summed E-state index contributed by atoms with van der Waals surface area (Å²) in [4.78, 5) is 27.4. The topological polar surface area (TPSA) is 49.4 Å². The molecule has 1 N–H and O–H groups in total. The van der Waals surface area contributed by atoms with Crippen molar-refractivity contribution in [2.75, 3.05) is 5.32 Å². The third kappa shape index (κ3) is 3.94. The molecule has 4 rings (SSSR count). The number of nitrogens with one attached hydrogen (secondary N) is 1. The molecule has 3 aromatic rings. The van der Waals surface area contributed by atoms with Gasteiger partial charge in [-0.15, -0.1) is 0 Å². The fourth-order valence-corrected chi connectivity index (χ4v) is 3.69. The number of hydrogen-bond acceptors (Lipinski definition) is 2. The predicted octanol–water partition coefficient (Wildman–Crippen LogP) is 5.00. The molecule has 4 nitrogen and oxygen atoms in total. The van der Waals surface area contributed by atoms with Crippen LogP contribution in [-0.4, -0.2) is 16.7 Å². The molecule has 2 amide bonds. The van der Waals surface area contributed by atoms with Crippen LogP contribution in [-0.2, 0) is 11.3 Å². The van der Waals surface area contributed by atoms with Crippen molar-refractivity contribution in [1.29, 1.82) is 0 Å². The summed E-state index contributed by atoms with van der Waals surface area (Å²) in [5.41, 5.74) is 3.62. The summed E-state index contributed by atoms with van der Waals surface area (Å²) in [7, 11) is 0. The lowest BCUT2D eigenvalue weighted by Gasteiger charge is -2.28. The van der Waals surface area contributed by atoms with Crippen molar-refractivity contribution in [2.24, 2.45) is 0 Å². The third-order valence-electron chi connectivity index (χ3n) is 5.27. The Morgan fingerprint density at radius 3 is 2.47 bits per heavy atom. The van der Waals surface area contributed by atoms with E-state index < -0.39 is 23.6 Å². The molecule has 30 heavy (non-hydrogen) atoms. The number of nitrogens with zero attached hydrogens (tertiary/aromatic N) is 1. The van der Waals surface area contributed by atoms with Crippen LogP contribution in [0.4, 0.5) is 14.5 Å². The van der Waals surface area contributed by atoms with Gasteiger partial charge in [0.05, 0.1) is 12.5 Å². The van der Waals surface area contributed by atoms with Crippen LogP contribution in [0.3, 0.4) is 0 Å². The van der Waals surface area contributed by atoms with Gasteiger partial charge in [0.15, 0.2) is 11.6 Å². The van der Waals surface area contributed by atoms with E-state index in [2.05, 4.69) is 5.32 Å². The largest absolute Gasteiger partial charge is 0.327 e. The number of hydrogen-bond donors (Lipinski definition) is 1. The van der Waals surface area contributed by atoms with Gasteiger partial charge in [-0.3, -0.25) is 9.59 Å². The number of amides is 2. The van der Waals surface area contributed by atoms with Crippen molar-refractivity contribution in [3.63, 3.8) is 0 Å². The van der Waals surface area contributed by atoms with Crippen molar-refractivity contribution in [3.05, 3.63) is 101 Å². The van der Waals surface area contributed by atoms with Crippen LogP contribution in [0.5, 0.6) is 0 Å². The van der Waals surface area contributed by atoms with Crippen LogP contribution in [0, 0.1) is 18.6 Å². The van der Waals surface area contributed by atoms with E-state index in [1.165, 1.54) is 6.07 Å². The molecule has 0 aromatic heterocycles. The Morgan fingerprint density at radius 2 is 1.77 bits per heavy atom. The van der Waals surface area contributed by atoms with Crippen molar-refractivity contribution in [2.45, 2.75) is 25.9 Å². The minimum atomic E-state index is -1.03. The van der Waals surface area contributed by atoms with Crippen LogP contribution < -0.4 is 5.32 Å². The number of halogens is 2. The first-order valence-corrected chi connectivity index (χ1v) is 9.63. The predicted molar refractivity (Wildman–Crippen MR) is 110 cm³/mol. The highest BCUT2D eigenvalue weighted by atomic mass is 19.2. The molecule has 152 valence electrons. The number of anilines is 1. The maximum atomic E-state index is 13.5. The van der Waals surface area contributed by atoms with Crippen LogP contribution in [0.25, 0.3) is 0 Å². The quantitative estimate of drug-likeness (QED) is 0.648. The number of rotatable bonds is 5. The molecule has 0 saturated carbocycles. The Labute approximate surface area is 173 Å². The van der Waals surface area contributed by atoms with Gasteiger partial charge in [-0.1, -0.05) is 48.0 Å². The Morgan fingerprint density at radius 1 is 1.03 bits per heavy atom. The summed E-state index contributed by atoms with van der Waals surface area (Å²) in [6.45, 7) is 2.37. The van der Waals surface area contributed by atoms with Crippen LogP contribution >= 0.6 is 0 Å². The standard InChI is InChI=1S/C24H20F2N2O2/c1-15-6-8-16(9-7-15)22(28-14-17-4-2-3-5-19(17)24(28)30)13-23(29)27-18-10-11-20(25)21(26)12-18/h2-12,22H,13-14H2,1H3,(H,27,29). The van der Waals surface area contributed by atoms with E-state index in [1.54, 1.807) is 11.0 Å². The second kappa shape index (κ2) is 8.06. The lowest BCUT2D eigenvalue weighted by atomic mass is 10.00. The van der Waals surface area contributed by atoms with Crippen LogP contribution in [0.1, 0.15) is 39.5 Å². The maximum Gasteiger partial charge on any atom is 0.255 e. The van der Waals surface area contributed by atoms with E-state index in [9.17, 15) is 18.4 Å². The molecule has 0 saturated heterocycles. The smallest absolute Gasteiger partial charge is 0.255 e. The fraction of sp³-hybridized carbons (Fsp3) is 0.167. The van der Waals surface area contributed by atoms with Crippen LogP contribution in [0.15, 0.2) is 66.7 Å². The van der Waals surface area contributed by atoms with Crippen LogP contribution in [0.2, 0.25) is 0 Å². The van der Waals surface area contributed by atoms with E-state index in [0.717, 1.165) is 28.8 Å². The Kier molecular flexibility index (Phi) is 5.31. The molecule has 1 atom stereocenters. The van der Waals surface area contributed by atoms with Gasteiger partial charge in [-0.2, -0.15) is 0 Å². The molecule has 6 heteroatoms. The SMILES string of the molecule is Cc1ccc(C(CC(=O)Nc2ccc(F)c(F)c2)N2Cc3ccccc3C2=O)cc1. The van der Waals surface area contributed by atoms with Crippen molar-refractivity contribution in [1.82, 2.24) is 4.90 Å². The van der Waals surface area contributed by atoms with Crippen molar-refractivity contribution >= 4 is 17.5 Å². The minimum Gasteiger partial charge on any atom is -0.327 e. The maximum absolute atomic E-state index is 13.5. The first-order valence-electron chi connectivity index (χ1n) is 9.63. The van der Waals surface area contributed by atoms with Gasteiger partial charge in [-0.05, 0) is 36.2 Å². The van der Waals surface area contributed by atoms with E-state index in [4.69, 9.17) is 0 Å². The molecule has 1 aliphatic rings. The Bertz CT molecular complexity index is 1110. The van der Waals surface area contributed by atoms with Crippen molar-refractivity contribution in [3.8, 4) is 0 Å². The van der Waals surface area contributed by atoms with Gasteiger partial charge >= 0.3 is 0 Å². The average Bonchev–Trinajstić information content (AvgIpc) is 3.06. The first-order chi connectivity index (χ1) is 14.4. The lowest BCUT2D eigenvalue weighted by Crippen LogP contribution is -2.32. The lowest BCUT2D eigenvalue weighted by molar-refractivity contribution is -0.117. The summed E-state index contributed by atoms with van der Waals surface area (Å²) < 4.78 is 26.6. The second-order valence-electron chi connectivity index (χ2n) is 7.40. The molecular weight excluding hydrogens is 386 g/mol. The van der Waals surface area contributed by atoms with Gasteiger partial charge in [0, 0.05) is 23.9 Å². The van der Waals surface area contributed by atoms with Gasteiger partial charge in [-0.25, -0.2) is 8.78 Å². The second-order valence-corrected chi connectivity index (χ2v) is 7.40. The number of carbonyl (C=O) groups excluding carboxylic acids is 2. The normalized spacial score (nSPS) is 13.8. The molecular formula is C24H20F2N2O2. The zero-order valence-electron chi connectivity index (χ0n) is 16.4. The molecule has 3 aromatic carbocycles. The highest BCUT2D eigenvalue weighted by Gasteiger charge is 2.34. The molecule has 1 aliphatic heterocycles. The van der Waals surface area contributed by atoms with E-state index in [-0.39, 0.29) is 18.0 Å². The summed E-state index contributed by atoms with van der Waals surface area (Å²) in [5, 5.41) is 2.60. The number of carbonyl (C=O) groups is 2. The van der Waals surface area contributed by atoms with E-state index >= 15 is 0 Å². The summed E-state index contributed by atoms with van der Waals surface area (Å²) in [6, 6.07) is 17.8. The van der Waals surface area contributed by atoms with E-state index in [0.29, 0.717) is 12.1 Å². The Hall–Kier alpha value is -3.54. The number of benzene rings is 3. The van der Waals surface area contributed by atoms with Gasteiger partial charge < -0.3 is 10.2 Å². The fourth-order valence-electron chi connectivity index (χ4n) is 3.69. The zero-order valence-corrected chi connectivity index (χ0v) is 16.4. The molecule has 0 spiro atoms. The number of aryl methyl sites for hydroxylation is 1. The summed E-state index contributed by atoms with van der Waals surface area (Å²) in [6.07, 6.45) is -0.0121. The third-order valence-corrected chi connectivity index (χ3v) is 5.27. The monoisotopic (exact) mass is 406 g/mol. The van der Waals surface area contributed by atoms with Crippen molar-refractivity contribution < 1.29 is 18.4 Å². The highest BCUT2D eigenvalue weighted by Crippen LogP contribution is 2.34. The van der Waals surface area contributed by atoms with Gasteiger partial charge in [0.25, 0.3) is 5.91 Å². The first kappa shape index (κ1) is 19.8.